The van der Waals surface area contributed by atoms with Gasteiger partial charge in [0.2, 0.25) is 0 Å². The van der Waals surface area contributed by atoms with E-state index in [0.29, 0.717) is 11.2 Å². The summed E-state index contributed by atoms with van der Waals surface area (Å²) in [5, 5.41) is 2.59. The molecule has 4 nitrogen and oxygen atoms in total. The zero-order chi connectivity index (χ0) is 17.4. The van der Waals surface area contributed by atoms with Crippen LogP contribution in [-0.2, 0) is 0 Å². The number of ether oxygens (including phenoxy) is 1. The van der Waals surface area contributed by atoms with E-state index in [1.807, 2.05) is 60.8 Å². The van der Waals surface area contributed by atoms with E-state index in [0.717, 1.165) is 27.3 Å². The van der Waals surface area contributed by atoms with E-state index in [2.05, 4.69) is 9.97 Å². The highest BCUT2D eigenvalue weighted by atomic mass is 32.1. The number of fused-ring (bicyclic) bond motifs is 1. The van der Waals surface area contributed by atoms with Crippen molar-refractivity contribution in [1.82, 2.24) is 9.97 Å². The van der Waals surface area contributed by atoms with E-state index in [1.165, 1.54) is 16.9 Å². The number of aromatic amines is 1. The maximum Gasteiger partial charge on any atom is 0.260 e. The van der Waals surface area contributed by atoms with Gasteiger partial charge in [0.25, 0.3) is 5.56 Å². The van der Waals surface area contributed by atoms with Crippen molar-refractivity contribution in [3.8, 4) is 28.3 Å². The monoisotopic (exact) mass is 348 g/mol. The molecule has 0 spiro atoms. The predicted octanol–water partition coefficient (Wildman–Crippen LogP) is 4.64. The molecule has 0 bridgehead atoms. The molecular formula is C20H16N2O2S. The van der Waals surface area contributed by atoms with Gasteiger partial charge in [0.05, 0.1) is 12.5 Å². The molecule has 4 aromatic rings. The number of hydrogen-bond acceptors (Lipinski definition) is 4. The van der Waals surface area contributed by atoms with Gasteiger partial charge in [0.15, 0.2) is 0 Å². The van der Waals surface area contributed by atoms with Crippen LogP contribution in [0, 0.1) is 6.92 Å². The molecular weight excluding hydrogens is 332 g/mol. The molecule has 25 heavy (non-hydrogen) atoms. The van der Waals surface area contributed by atoms with Crippen molar-refractivity contribution in [2.24, 2.45) is 0 Å². The molecule has 5 heteroatoms. The molecule has 4 rings (SSSR count). The first-order valence-corrected chi connectivity index (χ1v) is 8.76. The fourth-order valence-electron chi connectivity index (χ4n) is 2.80. The number of nitrogens with one attached hydrogen (secondary N) is 1. The zero-order valence-corrected chi connectivity index (χ0v) is 14.7. The van der Waals surface area contributed by atoms with Crippen LogP contribution in [0.3, 0.4) is 0 Å². The molecule has 0 unspecified atom stereocenters. The maximum atomic E-state index is 12.7. The molecule has 0 amide bonds. The SMILES string of the molecule is COc1cccc(-c2csc3nc(-c4ccc(C)cc4)[nH]c(=O)c23)c1. The molecule has 124 valence electrons. The Kier molecular flexibility index (Phi) is 3.86. The topological polar surface area (TPSA) is 55.0 Å². The largest absolute Gasteiger partial charge is 0.497 e. The highest BCUT2D eigenvalue weighted by Gasteiger charge is 2.14. The summed E-state index contributed by atoms with van der Waals surface area (Å²) in [5.41, 5.74) is 3.77. The quantitative estimate of drug-likeness (QED) is 0.587. The van der Waals surface area contributed by atoms with E-state index in [9.17, 15) is 4.79 Å². The average molecular weight is 348 g/mol. The van der Waals surface area contributed by atoms with Gasteiger partial charge in [-0.25, -0.2) is 4.98 Å². The Hall–Kier alpha value is -2.92. The van der Waals surface area contributed by atoms with Gasteiger partial charge in [-0.1, -0.05) is 42.0 Å². The van der Waals surface area contributed by atoms with Crippen LogP contribution < -0.4 is 10.3 Å². The second kappa shape index (κ2) is 6.18. The van der Waals surface area contributed by atoms with Crippen LogP contribution in [0.5, 0.6) is 5.75 Å². The molecule has 0 aliphatic carbocycles. The maximum absolute atomic E-state index is 12.7. The van der Waals surface area contributed by atoms with Gasteiger partial charge >= 0.3 is 0 Å². The van der Waals surface area contributed by atoms with E-state index >= 15 is 0 Å². The fraction of sp³-hybridized carbons (Fsp3) is 0.100. The van der Waals surface area contributed by atoms with Crippen LogP contribution in [0.15, 0.2) is 58.7 Å². The molecule has 0 aliphatic heterocycles. The summed E-state index contributed by atoms with van der Waals surface area (Å²) in [4.78, 5) is 21.0. The second-order valence-corrected chi connectivity index (χ2v) is 6.70. The first kappa shape index (κ1) is 15.6. The van der Waals surface area contributed by atoms with Crippen LogP contribution in [0.25, 0.3) is 32.7 Å². The minimum atomic E-state index is -0.125. The van der Waals surface area contributed by atoms with Crippen molar-refractivity contribution in [3.05, 3.63) is 69.8 Å². The molecule has 0 saturated carbocycles. The van der Waals surface area contributed by atoms with Crippen LogP contribution in [-0.4, -0.2) is 17.1 Å². The van der Waals surface area contributed by atoms with Gasteiger partial charge in [-0.05, 0) is 24.6 Å². The molecule has 0 fully saturated rings. The molecule has 1 N–H and O–H groups in total. The van der Waals surface area contributed by atoms with Gasteiger partial charge in [-0.3, -0.25) is 4.79 Å². The first-order chi connectivity index (χ1) is 12.2. The lowest BCUT2D eigenvalue weighted by atomic mass is 10.1. The number of hydrogen-bond donors (Lipinski definition) is 1. The number of benzene rings is 2. The highest BCUT2D eigenvalue weighted by molar-refractivity contribution is 7.17. The Morgan fingerprint density at radius 2 is 1.88 bits per heavy atom. The van der Waals surface area contributed by atoms with Crippen LogP contribution in [0.2, 0.25) is 0 Å². The number of thiophene rings is 1. The standard InChI is InChI=1S/C20H16N2O2S/c1-12-6-8-13(9-7-12)18-21-19(23)17-16(11-25-20(17)22-18)14-4-3-5-15(10-14)24-2/h3-11H,1-2H3,(H,21,22,23). The smallest absolute Gasteiger partial charge is 0.260 e. The van der Waals surface area contributed by atoms with Crippen LogP contribution in [0.4, 0.5) is 0 Å². The summed E-state index contributed by atoms with van der Waals surface area (Å²) in [6, 6.07) is 15.7. The summed E-state index contributed by atoms with van der Waals surface area (Å²) < 4.78 is 5.28. The molecule has 0 radical (unpaired) electrons. The van der Waals surface area contributed by atoms with E-state index in [-0.39, 0.29) is 5.56 Å². The lowest BCUT2D eigenvalue weighted by molar-refractivity contribution is 0.415. The number of methoxy groups -OCH3 is 1. The third-order valence-electron chi connectivity index (χ3n) is 4.15. The van der Waals surface area contributed by atoms with Crippen LogP contribution in [0.1, 0.15) is 5.56 Å². The summed E-state index contributed by atoms with van der Waals surface area (Å²) in [6.07, 6.45) is 0. The van der Waals surface area contributed by atoms with Gasteiger partial charge in [0.1, 0.15) is 16.4 Å². The summed E-state index contributed by atoms with van der Waals surface area (Å²) in [6.45, 7) is 2.03. The Morgan fingerprint density at radius 1 is 1.08 bits per heavy atom. The van der Waals surface area contributed by atoms with Crippen molar-refractivity contribution in [2.45, 2.75) is 6.92 Å². The zero-order valence-electron chi connectivity index (χ0n) is 13.9. The number of aromatic nitrogens is 2. The summed E-state index contributed by atoms with van der Waals surface area (Å²) >= 11 is 1.48. The minimum Gasteiger partial charge on any atom is -0.497 e. The third kappa shape index (κ3) is 2.83. The van der Waals surface area contributed by atoms with E-state index in [4.69, 9.17) is 4.74 Å². The van der Waals surface area contributed by atoms with Crippen molar-refractivity contribution in [2.75, 3.05) is 7.11 Å². The predicted molar refractivity (Wildman–Crippen MR) is 102 cm³/mol. The van der Waals surface area contributed by atoms with Gasteiger partial charge < -0.3 is 9.72 Å². The number of aryl methyl sites for hydroxylation is 1. The molecule has 0 atom stereocenters. The molecule has 2 aromatic heterocycles. The van der Waals surface area contributed by atoms with Crippen LogP contribution >= 0.6 is 11.3 Å². The molecule has 2 aromatic carbocycles. The van der Waals surface area contributed by atoms with Crippen molar-refractivity contribution < 1.29 is 4.74 Å². The van der Waals surface area contributed by atoms with Crippen molar-refractivity contribution in [3.63, 3.8) is 0 Å². The first-order valence-electron chi connectivity index (χ1n) is 7.88. The highest BCUT2D eigenvalue weighted by Crippen LogP contribution is 2.33. The Bertz CT molecular complexity index is 1110. The van der Waals surface area contributed by atoms with Gasteiger partial charge in [-0.15, -0.1) is 11.3 Å². The minimum absolute atomic E-state index is 0.125. The Labute approximate surface area is 148 Å². The molecule has 0 saturated heterocycles. The number of H-pyrrole nitrogens is 1. The van der Waals surface area contributed by atoms with Crippen molar-refractivity contribution >= 4 is 21.6 Å². The van der Waals surface area contributed by atoms with E-state index in [1.54, 1.807) is 7.11 Å². The molecule has 0 aliphatic rings. The molecule has 2 heterocycles. The van der Waals surface area contributed by atoms with Gasteiger partial charge in [-0.2, -0.15) is 0 Å². The lowest BCUT2D eigenvalue weighted by Gasteiger charge is -2.04. The van der Waals surface area contributed by atoms with E-state index < -0.39 is 0 Å². The summed E-state index contributed by atoms with van der Waals surface area (Å²) in [7, 11) is 1.63. The number of nitrogens with zero attached hydrogens (tertiary/aromatic N) is 1. The Balaban J connectivity index is 1.87. The van der Waals surface area contributed by atoms with Gasteiger partial charge in [0, 0.05) is 16.5 Å². The average Bonchev–Trinajstić information content (AvgIpc) is 3.07. The summed E-state index contributed by atoms with van der Waals surface area (Å²) in [5.74, 6) is 1.36. The third-order valence-corrected chi connectivity index (χ3v) is 5.02. The lowest BCUT2D eigenvalue weighted by Crippen LogP contribution is -2.09. The second-order valence-electron chi connectivity index (χ2n) is 5.84. The fourth-order valence-corrected chi connectivity index (χ4v) is 3.75. The normalized spacial score (nSPS) is 11.0. The Morgan fingerprint density at radius 3 is 2.64 bits per heavy atom. The number of rotatable bonds is 3. The van der Waals surface area contributed by atoms with Crippen molar-refractivity contribution in [1.29, 1.82) is 0 Å².